The highest BCUT2D eigenvalue weighted by molar-refractivity contribution is 5.91. The predicted molar refractivity (Wildman–Crippen MR) is 200 cm³/mol. The van der Waals surface area contributed by atoms with E-state index in [9.17, 15) is 19.2 Å². The van der Waals surface area contributed by atoms with Crippen molar-refractivity contribution in [3.8, 4) is 5.75 Å². The van der Waals surface area contributed by atoms with E-state index < -0.39 is 23.7 Å². The van der Waals surface area contributed by atoms with Gasteiger partial charge in [0.15, 0.2) is 5.78 Å². The Morgan fingerprint density at radius 3 is 2.16 bits per heavy atom. The maximum Gasteiger partial charge on any atom is 0.407 e. The number of hydrogen-bond acceptors (Lipinski definition) is 7. The third-order valence-electron chi connectivity index (χ3n) is 9.46. The Hall–Kier alpha value is -3.88. The zero-order chi connectivity index (χ0) is 37.7. The molecule has 1 aliphatic carbocycles. The van der Waals surface area contributed by atoms with Crippen molar-refractivity contribution in [3.05, 3.63) is 65.7 Å². The van der Waals surface area contributed by atoms with E-state index in [0.29, 0.717) is 25.2 Å². The van der Waals surface area contributed by atoms with Gasteiger partial charge in [-0.15, -0.1) is 0 Å². The van der Waals surface area contributed by atoms with E-state index >= 15 is 0 Å². The average molecular weight is 707 g/mol. The van der Waals surface area contributed by atoms with Crippen LogP contribution in [0, 0.1) is 23.7 Å². The Kier molecular flexibility index (Phi) is 16.0. The van der Waals surface area contributed by atoms with Crippen LogP contribution in [-0.4, -0.2) is 59.5 Å². The maximum atomic E-state index is 13.9. The summed E-state index contributed by atoms with van der Waals surface area (Å²) in [6.07, 6.45) is 4.84. The largest absolute Gasteiger partial charge is 0.490 e. The molecule has 0 aliphatic heterocycles. The third-order valence-corrected chi connectivity index (χ3v) is 9.46. The van der Waals surface area contributed by atoms with Crippen LogP contribution in [0.5, 0.6) is 5.75 Å². The number of para-hydroxylation sites is 1. The van der Waals surface area contributed by atoms with E-state index in [1.165, 1.54) is 0 Å². The standard InChI is InChI=1S/C42H62N2O7/c1-28(2)25-35(40(47)49-27-32-15-11-10-12-16-32)26-37(45)31(5)44(9)39(46)36(33-22-23-33)24-20-30(4)50-38-18-14-13-17-34(38)21-19-29(3)43-41(48)51-42(6,7)8/h10-18,28-31,33,35-36H,19-27H2,1-9H3,(H,43,48)/t29-,30+,31+,35-,36-/m0/s1. The summed E-state index contributed by atoms with van der Waals surface area (Å²) in [5, 5.41) is 2.90. The lowest BCUT2D eigenvalue weighted by molar-refractivity contribution is -0.152. The molecule has 2 aromatic carbocycles. The van der Waals surface area contributed by atoms with Gasteiger partial charge in [-0.05, 0) is 116 Å². The van der Waals surface area contributed by atoms with Crippen molar-refractivity contribution in [2.45, 2.75) is 137 Å². The van der Waals surface area contributed by atoms with Gasteiger partial charge in [0.05, 0.1) is 18.1 Å². The van der Waals surface area contributed by atoms with E-state index in [1.807, 2.05) is 103 Å². The van der Waals surface area contributed by atoms with Crippen LogP contribution in [0.25, 0.3) is 0 Å². The van der Waals surface area contributed by atoms with Crippen LogP contribution in [0.1, 0.15) is 111 Å². The Morgan fingerprint density at radius 2 is 1.53 bits per heavy atom. The van der Waals surface area contributed by atoms with Crippen LogP contribution >= 0.6 is 0 Å². The summed E-state index contributed by atoms with van der Waals surface area (Å²) in [6.45, 7) is 15.5. The number of amides is 2. The van der Waals surface area contributed by atoms with Crippen LogP contribution in [0.15, 0.2) is 54.6 Å². The van der Waals surface area contributed by atoms with Gasteiger partial charge in [0.2, 0.25) is 5.91 Å². The number of rotatable bonds is 20. The molecule has 3 rings (SSSR count). The van der Waals surface area contributed by atoms with Crippen molar-refractivity contribution < 1.29 is 33.4 Å². The first-order valence-corrected chi connectivity index (χ1v) is 18.8. The zero-order valence-corrected chi connectivity index (χ0v) is 32.4. The number of ether oxygens (including phenoxy) is 3. The molecule has 0 unspecified atom stereocenters. The molecule has 1 fully saturated rings. The molecule has 51 heavy (non-hydrogen) atoms. The lowest BCUT2D eigenvalue weighted by Crippen LogP contribution is -2.45. The molecular formula is C42H62N2O7. The van der Waals surface area contributed by atoms with Gasteiger partial charge in [-0.2, -0.15) is 0 Å². The number of alkyl carbamates (subject to hydrolysis) is 1. The van der Waals surface area contributed by atoms with Crippen LogP contribution in [0.2, 0.25) is 0 Å². The summed E-state index contributed by atoms with van der Waals surface area (Å²) in [6, 6.07) is 16.7. The first kappa shape index (κ1) is 41.5. The molecule has 2 aromatic rings. The van der Waals surface area contributed by atoms with Crippen molar-refractivity contribution in [2.24, 2.45) is 23.7 Å². The molecule has 0 radical (unpaired) electrons. The zero-order valence-electron chi connectivity index (χ0n) is 32.4. The summed E-state index contributed by atoms with van der Waals surface area (Å²) in [7, 11) is 1.71. The number of nitrogens with one attached hydrogen (secondary N) is 1. The Balaban J connectivity index is 1.54. The number of Topliss-reactive ketones (excluding diaryl/α,β-unsaturated/α-hetero) is 1. The maximum absolute atomic E-state index is 13.9. The Morgan fingerprint density at radius 1 is 0.882 bits per heavy atom. The van der Waals surface area contributed by atoms with Crippen LogP contribution < -0.4 is 10.1 Å². The van der Waals surface area contributed by atoms with Gasteiger partial charge in [-0.3, -0.25) is 14.4 Å². The van der Waals surface area contributed by atoms with Crippen molar-refractivity contribution in [1.29, 1.82) is 0 Å². The molecule has 2 amide bonds. The molecule has 1 aliphatic rings. The number of aryl methyl sites for hydroxylation is 1. The molecule has 1 saturated carbocycles. The quantitative estimate of drug-likeness (QED) is 0.138. The second-order valence-electron chi connectivity index (χ2n) is 15.9. The minimum Gasteiger partial charge on any atom is -0.490 e. The van der Waals surface area contributed by atoms with Gasteiger partial charge in [-0.1, -0.05) is 62.4 Å². The minimum absolute atomic E-state index is 0.0236. The lowest BCUT2D eigenvalue weighted by atomic mass is 9.90. The van der Waals surface area contributed by atoms with Crippen molar-refractivity contribution in [2.75, 3.05) is 7.05 Å². The molecule has 0 aromatic heterocycles. The molecule has 0 bridgehead atoms. The number of benzene rings is 2. The van der Waals surface area contributed by atoms with Crippen molar-refractivity contribution >= 4 is 23.8 Å². The van der Waals surface area contributed by atoms with Gasteiger partial charge in [0.25, 0.3) is 0 Å². The number of ketones is 1. The molecule has 1 N–H and O–H groups in total. The monoisotopic (exact) mass is 706 g/mol. The summed E-state index contributed by atoms with van der Waals surface area (Å²) < 4.78 is 17.4. The van der Waals surface area contributed by atoms with Gasteiger partial charge in [-0.25, -0.2) is 4.79 Å². The highest BCUT2D eigenvalue weighted by atomic mass is 16.6. The highest BCUT2D eigenvalue weighted by Crippen LogP contribution is 2.40. The summed E-state index contributed by atoms with van der Waals surface area (Å²) in [4.78, 5) is 54.2. The molecule has 5 atom stereocenters. The lowest BCUT2D eigenvalue weighted by Gasteiger charge is -2.30. The number of esters is 1. The molecule has 0 saturated heterocycles. The second-order valence-corrected chi connectivity index (χ2v) is 15.9. The number of carbonyl (C=O) groups is 4. The molecule has 9 nitrogen and oxygen atoms in total. The number of nitrogens with zero attached hydrogens (tertiary/aromatic N) is 1. The fourth-order valence-electron chi connectivity index (χ4n) is 6.29. The van der Waals surface area contributed by atoms with E-state index in [-0.39, 0.29) is 54.7 Å². The molecule has 0 heterocycles. The third kappa shape index (κ3) is 14.7. The topological polar surface area (TPSA) is 111 Å². The first-order chi connectivity index (χ1) is 24.0. The number of hydrogen-bond donors (Lipinski definition) is 1. The Bertz CT molecular complexity index is 1420. The molecule has 0 spiro atoms. The average Bonchev–Trinajstić information content (AvgIpc) is 3.90. The predicted octanol–water partition coefficient (Wildman–Crippen LogP) is 8.32. The SMILES string of the molecule is CC(C)C[C@@H](CC(=O)[C@@H](C)N(C)C(=O)[C@@H](CC[C@@H](C)Oc1ccccc1CC[C@H](C)NC(=O)OC(C)(C)C)C1CC1)C(=O)OCc1ccccc1. The second kappa shape index (κ2) is 19.7. The fourth-order valence-corrected chi connectivity index (χ4v) is 6.29. The number of carbonyl (C=O) groups excluding carboxylic acids is 4. The smallest absolute Gasteiger partial charge is 0.407 e. The van der Waals surface area contributed by atoms with E-state index in [2.05, 4.69) is 5.32 Å². The van der Waals surface area contributed by atoms with Crippen LogP contribution in [0.3, 0.4) is 0 Å². The molecule has 9 heteroatoms. The van der Waals surface area contributed by atoms with E-state index in [0.717, 1.165) is 42.6 Å². The molecule has 282 valence electrons. The van der Waals surface area contributed by atoms with Gasteiger partial charge >= 0.3 is 12.1 Å². The van der Waals surface area contributed by atoms with Crippen LogP contribution in [-0.2, 0) is 36.9 Å². The van der Waals surface area contributed by atoms with Crippen molar-refractivity contribution in [3.63, 3.8) is 0 Å². The fraction of sp³-hybridized carbons (Fsp3) is 0.619. The van der Waals surface area contributed by atoms with E-state index in [4.69, 9.17) is 14.2 Å². The van der Waals surface area contributed by atoms with Gasteiger partial charge in [0, 0.05) is 25.4 Å². The number of likely N-dealkylation sites (N-methyl/N-ethyl adjacent to an activating group) is 1. The molecular weight excluding hydrogens is 644 g/mol. The van der Waals surface area contributed by atoms with Crippen molar-refractivity contribution in [1.82, 2.24) is 10.2 Å². The summed E-state index contributed by atoms with van der Waals surface area (Å²) >= 11 is 0. The van der Waals surface area contributed by atoms with Gasteiger partial charge < -0.3 is 24.4 Å². The van der Waals surface area contributed by atoms with Gasteiger partial charge in [0.1, 0.15) is 18.0 Å². The first-order valence-electron chi connectivity index (χ1n) is 18.8. The normalized spacial score (nSPS) is 16.0. The van der Waals surface area contributed by atoms with Crippen LogP contribution in [0.4, 0.5) is 4.79 Å². The van der Waals surface area contributed by atoms with E-state index in [1.54, 1.807) is 18.9 Å². The highest BCUT2D eigenvalue weighted by Gasteiger charge is 2.39. The summed E-state index contributed by atoms with van der Waals surface area (Å²) in [5.74, 6) is 0.0459. The minimum atomic E-state index is -0.650. The summed E-state index contributed by atoms with van der Waals surface area (Å²) in [5.41, 5.74) is 1.41. The Labute approximate surface area is 306 Å².